The summed E-state index contributed by atoms with van der Waals surface area (Å²) in [7, 11) is 0. The highest BCUT2D eigenvalue weighted by Gasteiger charge is 2.29. The number of halogens is 3. The van der Waals surface area contributed by atoms with Crippen LogP contribution in [-0.4, -0.2) is 5.11 Å². The van der Waals surface area contributed by atoms with Gasteiger partial charge in [-0.3, -0.25) is 0 Å². The van der Waals surface area contributed by atoms with Gasteiger partial charge in [0, 0.05) is 31.5 Å². The molecule has 0 aromatic heterocycles. The molecule has 0 saturated heterocycles. The van der Waals surface area contributed by atoms with Gasteiger partial charge in [0.1, 0.15) is 11.9 Å². The fourth-order valence-electron chi connectivity index (χ4n) is 2.37. The van der Waals surface area contributed by atoms with Gasteiger partial charge in [-0.25, -0.2) is 0 Å². The molecule has 1 N–H and O–H groups in total. The fourth-order valence-corrected chi connectivity index (χ4v) is 3.50. The van der Waals surface area contributed by atoms with E-state index in [0.29, 0.717) is 17.2 Å². The van der Waals surface area contributed by atoms with Crippen LogP contribution >= 0.6 is 43.5 Å². The minimum atomic E-state index is -0.545. The molecule has 104 valence electrons. The van der Waals surface area contributed by atoms with Crippen molar-refractivity contribution in [2.24, 2.45) is 0 Å². The van der Waals surface area contributed by atoms with E-state index in [2.05, 4.69) is 31.9 Å². The minimum absolute atomic E-state index is 0.243. The van der Waals surface area contributed by atoms with E-state index < -0.39 is 6.10 Å². The predicted octanol–water partition coefficient (Wildman–Crippen LogP) is 5.42. The molecule has 1 heterocycles. The van der Waals surface area contributed by atoms with E-state index in [1.54, 1.807) is 0 Å². The molecule has 1 aliphatic rings. The van der Waals surface area contributed by atoms with E-state index in [4.69, 9.17) is 16.3 Å². The van der Waals surface area contributed by atoms with Gasteiger partial charge in [-0.2, -0.15) is 0 Å². The van der Waals surface area contributed by atoms with Crippen LogP contribution in [-0.2, 0) is 0 Å². The number of fused-ring (bicyclic) bond motifs is 1. The molecule has 1 aliphatic heterocycles. The van der Waals surface area contributed by atoms with Crippen LogP contribution < -0.4 is 4.74 Å². The third-order valence-electron chi connectivity index (χ3n) is 3.35. The SMILES string of the molecule is OC1CC(c2ccc(Br)cc2Cl)Oc2cc(Br)ccc21. The molecular weight excluding hydrogens is 407 g/mol. The number of aliphatic hydroxyl groups is 1. The van der Waals surface area contributed by atoms with Crippen LogP contribution in [0, 0.1) is 0 Å². The van der Waals surface area contributed by atoms with Crippen molar-refractivity contribution in [2.75, 3.05) is 0 Å². The Morgan fingerprint density at radius 3 is 2.40 bits per heavy atom. The molecule has 2 atom stereocenters. The lowest BCUT2D eigenvalue weighted by Crippen LogP contribution is -2.19. The predicted molar refractivity (Wildman–Crippen MR) is 86.2 cm³/mol. The normalized spacial score (nSPS) is 21.2. The van der Waals surface area contributed by atoms with Crippen LogP contribution in [0.2, 0.25) is 5.02 Å². The third kappa shape index (κ3) is 2.75. The van der Waals surface area contributed by atoms with Gasteiger partial charge in [0.2, 0.25) is 0 Å². The smallest absolute Gasteiger partial charge is 0.128 e. The number of hydrogen-bond donors (Lipinski definition) is 1. The highest BCUT2D eigenvalue weighted by atomic mass is 79.9. The molecule has 2 aromatic rings. The average molecular weight is 419 g/mol. The van der Waals surface area contributed by atoms with Crippen molar-refractivity contribution < 1.29 is 9.84 Å². The topological polar surface area (TPSA) is 29.5 Å². The Labute approximate surface area is 139 Å². The second kappa shape index (κ2) is 5.68. The van der Waals surface area contributed by atoms with Gasteiger partial charge in [-0.05, 0) is 24.3 Å². The molecule has 3 rings (SSSR count). The second-order valence-corrected chi connectivity index (χ2v) is 6.94. The Balaban J connectivity index is 1.98. The number of hydrogen-bond acceptors (Lipinski definition) is 2. The van der Waals surface area contributed by atoms with E-state index in [1.807, 2.05) is 36.4 Å². The number of aliphatic hydroxyl groups excluding tert-OH is 1. The van der Waals surface area contributed by atoms with E-state index in [0.717, 1.165) is 20.1 Å². The van der Waals surface area contributed by atoms with Gasteiger partial charge >= 0.3 is 0 Å². The Bertz CT molecular complexity index is 660. The first-order valence-electron chi connectivity index (χ1n) is 6.13. The molecular formula is C15H11Br2ClO2. The minimum Gasteiger partial charge on any atom is -0.485 e. The summed E-state index contributed by atoms with van der Waals surface area (Å²) in [4.78, 5) is 0. The number of rotatable bonds is 1. The van der Waals surface area contributed by atoms with Crippen molar-refractivity contribution in [1.29, 1.82) is 0 Å². The zero-order chi connectivity index (χ0) is 14.3. The maximum atomic E-state index is 10.3. The Hall–Kier alpha value is -0.550. The van der Waals surface area contributed by atoms with Crippen LogP contribution in [0.5, 0.6) is 5.75 Å². The molecule has 0 saturated carbocycles. The van der Waals surface area contributed by atoms with Gasteiger partial charge in [-0.15, -0.1) is 0 Å². The van der Waals surface area contributed by atoms with Crippen molar-refractivity contribution in [3.8, 4) is 5.75 Å². The quantitative estimate of drug-likeness (QED) is 0.670. The second-order valence-electron chi connectivity index (χ2n) is 4.71. The molecule has 2 nitrogen and oxygen atoms in total. The largest absolute Gasteiger partial charge is 0.485 e. The summed E-state index contributed by atoms with van der Waals surface area (Å²) in [6, 6.07) is 11.3. The van der Waals surface area contributed by atoms with E-state index in [1.165, 1.54) is 0 Å². The molecule has 0 amide bonds. The maximum Gasteiger partial charge on any atom is 0.128 e. The maximum absolute atomic E-state index is 10.3. The monoisotopic (exact) mass is 416 g/mol. The number of ether oxygens (including phenoxy) is 1. The van der Waals surface area contributed by atoms with Gasteiger partial charge < -0.3 is 9.84 Å². The first kappa shape index (κ1) is 14.4. The van der Waals surface area contributed by atoms with Crippen LogP contribution in [0.25, 0.3) is 0 Å². The summed E-state index contributed by atoms with van der Waals surface area (Å²) in [6.45, 7) is 0. The highest BCUT2D eigenvalue weighted by Crippen LogP contribution is 2.43. The first-order chi connectivity index (χ1) is 9.54. The van der Waals surface area contributed by atoms with Crippen LogP contribution in [0.4, 0.5) is 0 Å². The molecule has 0 fully saturated rings. The summed E-state index contributed by atoms with van der Waals surface area (Å²) >= 11 is 13.1. The summed E-state index contributed by atoms with van der Waals surface area (Å²) in [6.07, 6.45) is -0.292. The Morgan fingerprint density at radius 2 is 1.70 bits per heavy atom. The van der Waals surface area contributed by atoms with E-state index >= 15 is 0 Å². The molecule has 5 heteroatoms. The fraction of sp³-hybridized carbons (Fsp3) is 0.200. The lowest BCUT2D eigenvalue weighted by molar-refractivity contribution is 0.0657. The molecule has 0 radical (unpaired) electrons. The third-order valence-corrected chi connectivity index (χ3v) is 4.66. The van der Waals surface area contributed by atoms with Crippen molar-refractivity contribution in [2.45, 2.75) is 18.6 Å². The molecule has 2 unspecified atom stereocenters. The standard InChI is InChI=1S/C15H11Br2ClO2/c16-8-1-3-10(12(18)5-8)15-7-13(19)11-4-2-9(17)6-14(11)20-15/h1-6,13,15,19H,7H2. The molecule has 0 bridgehead atoms. The molecule has 20 heavy (non-hydrogen) atoms. The lowest BCUT2D eigenvalue weighted by atomic mass is 9.95. The van der Waals surface area contributed by atoms with Crippen molar-refractivity contribution in [3.63, 3.8) is 0 Å². The highest BCUT2D eigenvalue weighted by molar-refractivity contribution is 9.10. The summed E-state index contributed by atoms with van der Waals surface area (Å²) in [5, 5.41) is 10.9. The van der Waals surface area contributed by atoms with Crippen LogP contribution in [0.15, 0.2) is 45.3 Å². The summed E-state index contributed by atoms with van der Waals surface area (Å²) < 4.78 is 7.84. The van der Waals surface area contributed by atoms with Gasteiger partial charge in [0.05, 0.1) is 6.10 Å². The van der Waals surface area contributed by atoms with E-state index in [-0.39, 0.29) is 6.10 Å². The lowest BCUT2D eigenvalue weighted by Gasteiger charge is -2.30. The zero-order valence-electron chi connectivity index (χ0n) is 10.3. The van der Waals surface area contributed by atoms with Crippen LogP contribution in [0.3, 0.4) is 0 Å². The molecule has 0 spiro atoms. The summed E-state index contributed by atoms with van der Waals surface area (Å²) in [5.74, 6) is 0.696. The summed E-state index contributed by atoms with van der Waals surface area (Å²) in [5.41, 5.74) is 1.71. The van der Waals surface area contributed by atoms with Gasteiger partial charge in [0.25, 0.3) is 0 Å². The van der Waals surface area contributed by atoms with Crippen molar-refractivity contribution in [3.05, 3.63) is 61.5 Å². The number of benzene rings is 2. The van der Waals surface area contributed by atoms with Crippen molar-refractivity contribution in [1.82, 2.24) is 0 Å². The van der Waals surface area contributed by atoms with E-state index in [9.17, 15) is 5.11 Å². The Morgan fingerprint density at radius 1 is 1.05 bits per heavy atom. The average Bonchev–Trinajstić information content (AvgIpc) is 2.37. The first-order valence-corrected chi connectivity index (χ1v) is 8.10. The Kier molecular flexibility index (Phi) is 4.09. The zero-order valence-corrected chi connectivity index (χ0v) is 14.2. The molecule has 2 aromatic carbocycles. The van der Waals surface area contributed by atoms with Crippen LogP contribution in [0.1, 0.15) is 29.8 Å². The van der Waals surface area contributed by atoms with Gasteiger partial charge in [-0.1, -0.05) is 55.6 Å². The molecule has 0 aliphatic carbocycles. The van der Waals surface area contributed by atoms with Crippen molar-refractivity contribution >= 4 is 43.5 Å². The van der Waals surface area contributed by atoms with Gasteiger partial charge in [0.15, 0.2) is 0 Å².